The van der Waals surface area contributed by atoms with Crippen molar-refractivity contribution in [1.82, 2.24) is 0 Å². The van der Waals surface area contributed by atoms with Crippen LogP contribution in [0.15, 0.2) is 36.4 Å². The van der Waals surface area contributed by atoms with Gasteiger partial charge < -0.3 is 19.5 Å². The van der Waals surface area contributed by atoms with Crippen molar-refractivity contribution in [1.29, 1.82) is 0 Å². The Balaban J connectivity index is 2.36. The lowest BCUT2D eigenvalue weighted by molar-refractivity contribution is 0.102. The first-order chi connectivity index (χ1) is 11.1. The number of carbonyl (C=O) groups is 1. The van der Waals surface area contributed by atoms with Gasteiger partial charge in [-0.3, -0.25) is 4.79 Å². The van der Waals surface area contributed by atoms with Gasteiger partial charge in [-0.1, -0.05) is 25.1 Å². The molecule has 5 nitrogen and oxygen atoms in total. The molecule has 0 spiro atoms. The maximum atomic E-state index is 12.6. The summed E-state index contributed by atoms with van der Waals surface area (Å²) in [6.45, 7) is 2.05. The summed E-state index contributed by atoms with van der Waals surface area (Å²) in [5, 5.41) is 2.93. The molecule has 0 saturated carbocycles. The van der Waals surface area contributed by atoms with Crippen LogP contribution in [0.3, 0.4) is 0 Å². The molecule has 122 valence electrons. The van der Waals surface area contributed by atoms with Gasteiger partial charge in [-0.05, 0) is 30.2 Å². The molecule has 1 N–H and O–H groups in total. The number of amides is 1. The lowest BCUT2D eigenvalue weighted by Gasteiger charge is -2.15. The van der Waals surface area contributed by atoms with E-state index in [1.54, 1.807) is 12.1 Å². The maximum absolute atomic E-state index is 12.6. The number of ether oxygens (including phenoxy) is 3. The molecule has 5 heteroatoms. The topological polar surface area (TPSA) is 56.8 Å². The highest BCUT2D eigenvalue weighted by Crippen LogP contribution is 2.38. The Morgan fingerprint density at radius 2 is 1.61 bits per heavy atom. The molecule has 0 aliphatic carbocycles. The third kappa shape index (κ3) is 3.56. The van der Waals surface area contributed by atoms with Crippen LogP contribution < -0.4 is 19.5 Å². The number of nitrogens with one attached hydrogen (secondary N) is 1. The molecule has 0 aliphatic rings. The highest BCUT2D eigenvalue weighted by Gasteiger charge is 2.17. The quantitative estimate of drug-likeness (QED) is 0.886. The summed E-state index contributed by atoms with van der Waals surface area (Å²) >= 11 is 0. The number of rotatable bonds is 6. The van der Waals surface area contributed by atoms with Gasteiger partial charge in [-0.15, -0.1) is 0 Å². The zero-order chi connectivity index (χ0) is 16.8. The van der Waals surface area contributed by atoms with E-state index in [0.717, 1.165) is 17.7 Å². The fraction of sp³-hybridized carbons (Fsp3) is 0.278. The Labute approximate surface area is 136 Å². The van der Waals surface area contributed by atoms with E-state index < -0.39 is 0 Å². The van der Waals surface area contributed by atoms with Crippen LogP contribution in [0.4, 0.5) is 5.69 Å². The van der Waals surface area contributed by atoms with Crippen molar-refractivity contribution in [2.75, 3.05) is 26.6 Å². The minimum atomic E-state index is -0.231. The van der Waals surface area contributed by atoms with Crippen molar-refractivity contribution < 1.29 is 19.0 Å². The van der Waals surface area contributed by atoms with E-state index in [9.17, 15) is 4.79 Å². The Morgan fingerprint density at radius 3 is 2.13 bits per heavy atom. The van der Waals surface area contributed by atoms with Crippen LogP contribution in [0.25, 0.3) is 0 Å². The average molecular weight is 315 g/mol. The van der Waals surface area contributed by atoms with Crippen molar-refractivity contribution in [3.63, 3.8) is 0 Å². The summed E-state index contributed by atoms with van der Waals surface area (Å²) in [5.41, 5.74) is 2.31. The van der Waals surface area contributed by atoms with E-state index in [4.69, 9.17) is 14.2 Å². The Hall–Kier alpha value is -2.69. The van der Waals surface area contributed by atoms with Crippen LogP contribution in [0.2, 0.25) is 0 Å². The average Bonchev–Trinajstić information content (AvgIpc) is 2.60. The summed E-state index contributed by atoms with van der Waals surface area (Å²) in [6.07, 6.45) is 0.839. The summed E-state index contributed by atoms with van der Waals surface area (Å²) in [7, 11) is 4.56. The van der Waals surface area contributed by atoms with E-state index >= 15 is 0 Å². The first kappa shape index (κ1) is 16.7. The summed E-state index contributed by atoms with van der Waals surface area (Å²) < 4.78 is 15.8. The maximum Gasteiger partial charge on any atom is 0.255 e. The molecule has 2 aromatic rings. The first-order valence-electron chi connectivity index (χ1n) is 7.33. The van der Waals surface area contributed by atoms with Crippen LogP contribution in [0, 0.1) is 0 Å². The zero-order valence-corrected chi connectivity index (χ0v) is 13.8. The SMILES string of the molecule is CCc1ccccc1NC(=O)c1cc(OC)c(OC)c(OC)c1. The lowest BCUT2D eigenvalue weighted by atomic mass is 10.1. The van der Waals surface area contributed by atoms with Gasteiger partial charge in [0.1, 0.15) is 0 Å². The van der Waals surface area contributed by atoms with Crippen LogP contribution >= 0.6 is 0 Å². The molecule has 2 rings (SSSR count). The molecule has 0 bridgehead atoms. The minimum Gasteiger partial charge on any atom is -0.493 e. The third-order valence-electron chi connectivity index (χ3n) is 3.57. The third-order valence-corrected chi connectivity index (χ3v) is 3.57. The van der Waals surface area contributed by atoms with Crippen molar-refractivity contribution in [2.24, 2.45) is 0 Å². The number of hydrogen-bond acceptors (Lipinski definition) is 4. The number of aryl methyl sites for hydroxylation is 1. The predicted molar refractivity (Wildman–Crippen MR) is 89.9 cm³/mol. The number of benzene rings is 2. The molecule has 0 heterocycles. The first-order valence-corrected chi connectivity index (χ1v) is 7.33. The molecular formula is C18H21NO4. The van der Waals surface area contributed by atoms with Crippen LogP contribution in [0.5, 0.6) is 17.2 Å². The summed E-state index contributed by atoms with van der Waals surface area (Å²) in [5.74, 6) is 1.12. The fourth-order valence-corrected chi connectivity index (χ4v) is 2.36. The van der Waals surface area contributed by atoms with Crippen molar-refractivity contribution in [3.8, 4) is 17.2 Å². The van der Waals surface area contributed by atoms with Crippen LogP contribution in [0.1, 0.15) is 22.8 Å². The molecule has 0 atom stereocenters. The molecule has 1 amide bonds. The molecule has 0 aromatic heterocycles. The minimum absolute atomic E-state index is 0.231. The van der Waals surface area contributed by atoms with Crippen molar-refractivity contribution in [3.05, 3.63) is 47.5 Å². The van der Waals surface area contributed by atoms with Crippen LogP contribution in [-0.2, 0) is 6.42 Å². The van der Waals surface area contributed by atoms with Crippen LogP contribution in [-0.4, -0.2) is 27.2 Å². The van der Waals surface area contributed by atoms with Gasteiger partial charge >= 0.3 is 0 Å². The second kappa shape index (κ2) is 7.54. The number of methoxy groups -OCH3 is 3. The molecule has 23 heavy (non-hydrogen) atoms. The second-order valence-corrected chi connectivity index (χ2v) is 4.88. The Morgan fingerprint density at radius 1 is 1.00 bits per heavy atom. The monoisotopic (exact) mass is 315 g/mol. The number of anilines is 1. The molecule has 0 aliphatic heterocycles. The lowest BCUT2D eigenvalue weighted by Crippen LogP contribution is -2.13. The van der Waals surface area contributed by atoms with E-state index in [-0.39, 0.29) is 5.91 Å². The van der Waals surface area contributed by atoms with Gasteiger partial charge in [-0.25, -0.2) is 0 Å². The van der Waals surface area contributed by atoms with Gasteiger partial charge in [0.25, 0.3) is 5.91 Å². The largest absolute Gasteiger partial charge is 0.493 e. The normalized spacial score (nSPS) is 10.1. The second-order valence-electron chi connectivity index (χ2n) is 4.88. The molecular weight excluding hydrogens is 294 g/mol. The van der Waals surface area contributed by atoms with E-state index in [1.807, 2.05) is 31.2 Å². The molecule has 0 fully saturated rings. The van der Waals surface area contributed by atoms with Crippen molar-refractivity contribution in [2.45, 2.75) is 13.3 Å². The molecule has 0 radical (unpaired) electrons. The van der Waals surface area contributed by atoms with Gasteiger partial charge in [0, 0.05) is 11.3 Å². The van der Waals surface area contributed by atoms with E-state index in [2.05, 4.69) is 5.32 Å². The summed E-state index contributed by atoms with van der Waals surface area (Å²) in [6, 6.07) is 11.0. The molecule has 0 saturated heterocycles. The number of para-hydroxylation sites is 1. The van der Waals surface area contributed by atoms with Gasteiger partial charge in [0.15, 0.2) is 11.5 Å². The predicted octanol–water partition coefficient (Wildman–Crippen LogP) is 3.53. The highest BCUT2D eigenvalue weighted by molar-refractivity contribution is 6.05. The molecule has 0 unspecified atom stereocenters. The Kier molecular flexibility index (Phi) is 5.46. The number of hydrogen-bond donors (Lipinski definition) is 1. The number of carbonyl (C=O) groups excluding carboxylic acids is 1. The highest BCUT2D eigenvalue weighted by atomic mass is 16.5. The smallest absolute Gasteiger partial charge is 0.255 e. The zero-order valence-electron chi connectivity index (χ0n) is 13.8. The van der Waals surface area contributed by atoms with E-state index in [1.165, 1.54) is 21.3 Å². The van der Waals surface area contributed by atoms with Gasteiger partial charge in [-0.2, -0.15) is 0 Å². The van der Waals surface area contributed by atoms with E-state index in [0.29, 0.717) is 22.8 Å². The van der Waals surface area contributed by atoms with Crippen molar-refractivity contribution >= 4 is 11.6 Å². The Bertz CT molecular complexity index is 672. The standard InChI is InChI=1S/C18H21NO4/c1-5-12-8-6-7-9-14(12)19-18(20)13-10-15(21-2)17(23-4)16(11-13)22-3/h6-11H,5H2,1-4H3,(H,19,20). The fourth-order valence-electron chi connectivity index (χ4n) is 2.36. The van der Waals surface area contributed by atoms with Gasteiger partial charge in [0.2, 0.25) is 5.75 Å². The summed E-state index contributed by atoms with van der Waals surface area (Å²) in [4.78, 5) is 12.6. The van der Waals surface area contributed by atoms with Gasteiger partial charge in [0.05, 0.1) is 21.3 Å². The molecule has 2 aromatic carbocycles.